The van der Waals surface area contributed by atoms with E-state index in [4.69, 9.17) is 22.1 Å². The predicted molar refractivity (Wildman–Crippen MR) is 90.8 cm³/mol. The Balaban J connectivity index is 2.20. The number of nitrogens with two attached hydrogens (primary N) is 1. The van der Waals surface area contributed by atoms with E-state index in [0.29, 0.717) is 29.2 Å². The molecule has 8 nitrogen and oxygen atoms in total. The molecule has 0 spiro atoms. The van der Waals surface area contributed by atoms with Crippen LogP contribution >= 0.6 is 23.4 Å². The van der Waals surface area contributed by atoms with Crippen LogP contribution < -0.4 is 11.1 Å². The van der Waals surface area contributed by atoms with E-state index in [9.17, 15) is 9.59 Å². The Morgan fingerprint density at radius 3 is 2.67 bits per heavy atom. The molecule has 0 aliphatic rings. The zero-order valence-corrected chi connectivity index (χ0v) is 14.4. The third-order valence-electron chi connectivity index (χ3n) is 2.93. The van der Waals surface area contributed by atoms with Crippen LogP contribution in [-0.4, -0.2) is 46.2 Å². The molecule has 1 heterocycles. The third-order valence-corrected chi connectivity index (χ3v) is 4.15. The molecule has 3 N–H and O–H groups in total. The first kappa shape index (κ1) is 18.2. The smallest absolute Gasteiger partial charge is 0.318 e. The molecule has 1 aromatic heterocycles. The molecule has 0 unspecified atom stereocenters. The average molecular weight is 370 g/mol. The molecule has 24 heavy (non-hydrogen) atoms. The van der Waals surface area contributed by atoms with E-state index in [1.807, 2.05) is 22.0 Å². The molecule has 3 amide bonds. The summed E-state index contributed by atoms with van der Waals surface area (Å²) in [6.45, 7) is 0.973. The first-order valence-electron chi connectivity index (χ1n) is 6.91. The maximum Gasteiger partial charge on any atom is 0.318 e. The van der Waals surface area contributed by atoms with Crippen LogP contribution in [0.4, 0.5) is 4.79 Å². The monoisotopic (exact) mass is 369 g/mol. The van der Waals surface area contributed by atoms with Gasteiger partial charge in [0.1, 0.15) is 0 Å². The number of primary amides is 1. The zero-order valence-electron chi connectivity index (χ0n) is 12.9. The van der Waals surface area contributed by atoms with Gasteiger partial charge in [-0.2, -0.15) is 0 Å². The van der Waals surface area contributed by atoms with Crippen LogP contribution in [0.15, 0.2) is 29.4 Å². The number of halogens is 1. The number of urea groups is 1. The summed E-state index contributed by atoms with van der Waals surface area (Å²) in [5.41, 5.74) is 5.75. The fourth-order valence-corrected chi connectivity index (χ4v) is 2.79. The van der Waals surface area contributed by atoms with E-state index in [2.05, 4.69) is 10.2 Å². The Kier molecular flexibility index (Phi) is 6.59. The second-order valence-corrected chi connectivity index (χ2v) is 6.04. The molecule has 0 bridgehead atoms. The molecule has 10 heteroatoms. The molecule has 0 saturated carbocycles. The molecule has 0 aliphatic carbocycles. The minimum Gasteiger partial charge on any atom is -0.383 e. The Hall–Kier alpha value is -2.10. The van der Waals surface area contributed by atoms with Gasteiger partial charge in [0.25, 0.3) is 0 Å². The number of thioether (sulfide) groups is 1. The number of aromatic nitrogens is 3. The number of carbonyl (C=O) groups excluding carboxylic acids is 2. The van der Waals surface area contributed by atoms with Gasteiger partial charge in [-0.1, -0.05) is 23.4 Å². The standard InChI is InChI=1S/C14H16ClN5O3S/c1-23-7-6-20-12(9-2-4-10(15)5-3-9)18-19-14(20)24-8-11(21)17-13(16)22/h2-5H,6-8H2,1H3,(H3,16,17,21,22). The quantitative estimate of drug-likeness (QED) is 0.716. The summed E-state index contributed by atoms with van der Waals surface area (Å²) in [6, 6.07) is 6.32. The highest BCUT2D eigenvalue weighted by Crippen LogP contribution is 2.25. The molecule has 128 valence electrons. The molecular weight excluding hydrogens is 354 g/mol. The van der Waals surface area contributed by atoms with Crippen LogP contribution in [0.3, 0.4) is 0 Å². The molecule has 0 atom stereocenters. The molecule has 0 aliphatic heterocycles. The normalized spacial score (nSPS) is 10.6. The maximum absolute atomic E-state index is 11.5. The topological polar surface area (TPSA) is 112 Å². The molecule has 0 radical (unpaired) electrons. The number of imide groups is 1. The molecule has 1 aromatic carbocycles. The number of ether oxygens (including phenoxy) is 1. The van der Waals surface area contributed by atoms with E-state index in [-0.39, 0.29) is 5.75 Å². The predicted octanol–water partition coefficient (Wildman–Crippen LogP) is 1.53. The van der Waals surface area contributed by atoms with Gasteiger partial charge in [0, 0.05) is 17.7 Å². The van der Waals surface area contributed by atoms with Crippen molar-refractivity contribution in [2.45, 2.75) is 11.7 Å². The fourth-order valence-electron chi connectivity index (χ4n) is 1.90. The lowest BCUT2D eigenvalue weighted by Gasteiger charge is -2.09. The van der Waals surface area contributed by atoms with Gasteiger partial charge in [-0.25, -0.2) is 4.79 Å². The molecule has 0 fully saturated rings. The van der Waals surface area contributed by atoms with Crippen LogP contribution in [0.1, 0.15) is 0 Å². The fraction of sp³-hybridized carbons (Fsp3) is 0.286. The van der Waals surface area contributed by atoms with Crippen molar-refractivity contribution < 1.29 is 14.3 Å². The second kappa shape index (κ2) is 8.67. The van der Waals surface area contributed by atoms with Gasteiger partial charge in [-0.05, 0) is 24.3 Å². The van der Waals surface area contributed by atoms with Crippen molar-refractivity contribution in [3.63, 3.8) is 0 Å². The largest absolute Gasteiger partial charge is 0.383 e. The lowest BCUT2D eigenvalue weighted by atomic mass is 10.2. The van der Waals surface area contributed by atoms with Gasteiger partial charge in [-0.3, -0.25) is 14.7 Å². The van der Waals surface area contributed by atoms with E-state index < -0.39 is 11.9 Å². The van der Waals surface area contributed by atoms with E-state index in [0.717, 1.165) is 17.3 Å². The lowest BCUT2D eigenvalue weighted by molar-refractivity contribution is -0.117. The first-order valence-corrected chi connectivity index (χ1v) is 8.27. The second-order valence-electron chi connectivity index (χ2n) is 4.66. The maximum atomic E-state index is 11.5. The summed E-state index contributed by atoms with van der Waals surface area (Å²) in [4.78, 5) is 22.2. The van der Waals surface area contributed by atoms with Gasteiger partial charge >= 0.3 is 6.03 Å². The summed E-state index contributed by atoms with van der Waals surface area (Å²) in [6.07, 6.45) is 0. The summed E-state index contributed by atoms with van der Waals surface area (Å²) >= 11 is 7.06. The summed E-state index contributed by atoms with van der Waals surface area (Å²) in [7, 11) is 1.60. The summed E-state index contributed by atoms with van der Waals surface area (Å²) in [5.74, 6) is 0.137. The van der Waals surface area contributed by atoms with Crippen molar-refractivity contribution in [1.29, 1.82) is 0 Å². The minimum absolute atomic E-state index is 0.00528. The Labute approximate surface area is 147 Å². The minimum atomic E-state index is -0.886. The number of rotatable bonds is 7. The highest BCUT2D eigenvalue weighted by Gasteiger charge is 2.16. The first-order chi connectivity index (χ1) is 11.5. The van der Waals surface area contributed by atoms with Crippen LogP contribution in [-0.2, 0) is 16.1 Å². The van der Waals surface area contributed by atoms with Gasteiger partial charge in [-0.15, -0.1) is 10.2 Å². The van der Waals surface area contributed by atoms with Crippen LogP contribution in [0, 0.1) is 0 Å². The molecule has 2 aromatic rings. The van der Waals surface area contributed by atoms with Crippen molar-refractivity contribution in [2.75, 3.05) is 19.5 Å². The third kappa shape index (κ3) is 4.95. The number of hydrogen-bond acceptors (Lipinski definition) is 6. The van der Waals surface area contributed by atoms with Crippen LogP contribution in [0.2, 0.25) is 5.02 Å². The number of nitrogens with one attached hydrogen (secondary N) is 1. The van der Waals surface area contributed by atoms with Gasteiger partial charge in [0.05, 0.1) is 18.9 Å². The van der Waals surface area contributed by atoms with Crippen LogP contribution in [0.5, 0.6) is 0 Å². The summed E-state index contributed by atoms with van der Waals surface area (Å²) in [5, 5.41) is 11.5. The average Bonchev–Trinajstić information content (AvgIpc) is 2.94. The van der Waals surface area contributed by atoms with Gasteiger partial charge in [0.2, 0.25) is 5.91 Å². The number of benzene rings is 1. The Morgan fingerprint density at radius 2 is 2.04 bits per heavy atom. The van der Waals surface area contributed by atoms with Crippen molar-refractivity contribution >= 4 is 35.3 Å². The van der Waals surface area contributed by atoms with Gasteiger partial charge in [0.15, 0.2) is 11.0 Å². The Bertz CT molecular complexity index is 720. The van der Waals surface area contributed by atoms with E-state index in [1.54, 1.807) is 19.2 Å². The van der Waals surface area contributed by atoms with Crippen molar-refractivity contribution in [1.82, 2.24) is 20.1 Å². The highest BCUT2D eigenvalue weighted by atomic mass is 35.5. The van der Waals surface area contributed by atoms with Crippen molar-refractivity contribution in [3.05, 3.63) is 29.3 Å². The van der Waals surface area contributed by atoms with E-state index in [1.165, 1.54) is 0 Å². The molecule has 2 rings (SSSR count). The van der Waals surface area contributed by atoms with Gasteiger partial charge < -0.3 is 10.5 Å². The number of nitrogens with zero attached hydrogens (tertiary/aromatic N) is 3. The Morgan fingerprint density at radius 1 is 1.33 bits per heavy atom. The summed E-state index contributed by atoms with van der Waals surface area (Å²) < 4.78 is 6.95. The molecular formula is C14H16ClN5O3S. The molecule has 0 saturated heterocycles. The van der Waals surface area contributed by atoms with E-state index >= 15 is 0 Å². The zero-order chi connectivity index (χ0) is 17.5. The van der Waals surface area contributed by atoms with Crippen molar-refractivity contribution in [2.24, 2.45) is 5.73 Å². The number of hydrogen-bond donors (Lipinski definition) is 2. The number of amides is 3. The van der Waals surface area contributed by atoms with Crippen LogP contribution in [0.25, 0.3) is 11.4 Å². The highest BCUT2D eigenvalue weighted by molar-refractivity contribution is 7.99. The SMILES string of the molecule is COCCn1c(SCC(=O)NC(N)=O)nnc1-c1ccc(Cl)cc1. The number of methoxy groups -OCH3 is 1. The van der Waals surface area contributed by atoms with Crippen molar-refractivity contribution in [3.8, 4) is 11.4 Å². The number of carbonyl (C=O) groups is 2. The lowest BCUT2D eigenvalue weighted by Crippen LogP contribution is -2.36.